The highest BCUT2D eigenvalue weighted by atomic mass is 19.1. The van der Waals surface area contributed by atoms with Crippen LogP contribution in [0.15, 0.2) is 36.5 Å². The Bertz CT molecular complexity index is 538. The Labute approximate surface area is 110 Å². The largest absolute Gasteiger partial charge is 0.370 e. The molecule has 0 saturated heterocycles. The lowest BCUT2D eigenvalue weighted by atomic mass is 10.2. The fraction of sp³-hybridized carbons (Fsp3) is 0.214. The maximum atomic E-state index is 13.5. The zero-order valence-corrected chi connectivity index (χ0v) is 10.6. The predicted octanol–water partition coefficient (Wildman–Crippen LogP) is 3.93. The highest BCUT2D eigenvalue weighted by Gasteiger charge is 2.08. The predicted molar refractivity (Wildman–Crippen MR) is 72.7 cm³/mol. The Hall–Kier alpha value is -2.17. The Morgan fingerprint density at radius 3 is 2.58 bits per heavy atom. The van der Waals surface area contributed by atoms with Gasteiger partial charge in [-0.25, -0.2) is 13.8 Å². The van der Waals surface area contributed by atoms with Crippen molar-refractivity contribution in [3.8, 4) is 0 Å². The number of benzene rings is 1. The quantitative estimate of drug-likeness (QED) is 0.858. The van der Waals surface area contributed by atoms with Crippen molar-refractivity contribution in [3.05, 3.63) is 48.2 Å². The second kappa shape index (κ2) is 6.13. The number of rotatable bonds is 5. The average molecular weight is 263 g/mol. The minimum atomic E-state index is -0.625. The van der Waals surface area contributed by atoms with Gasteiger partial charge in [0.15, 0.2) is 0 Å². The number of para-hydroxylation sites is 1. The van der Waals surface area contributed by atoms with E-state index in [0.717, 1.165) is 13.0 Å². The van der Waals surface area contributed by atoms with Gasteiger partial charge in [-0.3, -0.25) is 0 Å². The first-order chi connectivity index (χ1) is 9.20. The van der Waals surface area contributed by atoms with Crippen molar-refractivity contribution in [2.24, 2.45) is 0 Å². The van der Waals surface area contributed by atoms with Gasteiger partial charge < -0.3 is 10.6 Å². The third-order valence-electron chi connectivity index (χ3n) is 2.55. The molecule has 100 valence electrons. The van der Waals surface area contributed by atoms with E-state index < -0.39 is 11.6 Å². The van der Waals surface area contributed by atoms with Gasteiger partial charge in [-0.2, -0.15) is 0 Å². The molecule has 5 heteroatoms. The highest BCUT2D eigenvalue weighted by molar-refractivity contribution is 5.63. The summed E-state index contributed by atoms with van der Waals surface area (Å²) in [6.07, 6.45) is 2.56. The maximum Gasteiger partial charge on any atom is 0.149 e. The van der Waals surface area contributed by atoms with Crippen molar-refractivity contribution < 1.29 is 8.78 Å². The molecule has 0 spiro atoms. The number of pyridine rings is 1. The van der Waals surface area contributed by atoms with Crippen LogP contribution in [0.25, 0.3) is 0 Å². The zero-order chi connectivity index (χ0) is 13.7. The molecule has 1 aromatic heterocycles. The van der Waals surface area contributed by atoms with Crippen molar-refractivity contribution in [3.63, 3.8) is 0 Å². The van der Waals surface area contributed by atoms with Crippen LogP contribution >= 0.6 is 0 Å². The molecule has 0 amide bonds. The van der Waals surface area contributed by atoms with Gasteiger partial charge in [-0.1, -0.05) is 13.0 Å². The third kappa shape index (κ3) is 3.40. The van der Waals surface area contributed by atoms with Crippen molar-refractivity contribution in [2.75, 3.05) is 17.2 Å². The molecule has 19 heavy (non-hydrogen) atoms. The molecular formula is C14H15F2N3. The number of halogens is 2. The monoisotopic (exact) mass is 263 g/mol. The van der Waals surface area contributed by atoms with Crippen LogP contribution < -0.4 is 10.6 Å². The molecule has 0 bridgehead atoms. The lowest BCUT2D eigenvalue weighted by Gasteiger charge is -2.10. The number of hydrogen-bond acceptors (Lipinski definition) is 3. The molecule has 2 rings (SSSR count). The number of aromatic nitrogens is 1. The van der Waals surface area contributed by atoms with E-state index >= 15 is 0 Å². The van der Waals surface area contributed by atoms with Crippen LogP contribution in [0.3, 0.4) is 0 Å². The van der Waals surface area contributed by atoms with E-state index in [1.165, 1.54) is 18.2 Å². The van der Waals surface area contributed by atoms with E-state index in [4.69, 9.17) is 0 Å². The summed E-state index contributed by atoms with van der Waals surface area (Å²) < 4.78 is 27.0. The number of hydrogen-bond donors (Lipinski definition) is 2. The van der Waals surface area contributed by atoms with E-state index in [0.29, 0.717) is 11.5 Å². The van der Waals surface area contributed by atoms with Gasteiger partial charge in [0.1, 0.15) is 23.1 Å². The molecule has 0 aliphatic carbocycles. The first kappa shape index (κ1) is 13.3. The van der Waals surface area contributed by atoms with Crippen molar-refractivity contribution in [1.82, 2.24) is 4.98 Å². The normalized spacial score (nSPS) is 10.3. The third-order valence-corrected chi connectivity index (χ3v) is 2.55. The van der Waals surface area contributed by atoms with E-state index in [2.05, 4.69) is 15.6 Å². The molecule has 0 saturated carbocycles. The Kier molecular flexibility index (Phi) is 4.28. The van der Waals surface area contributed by atoms with E-state index in [1.54, 1.807) is 18.3 Å². The number of nitrogens with one attached hydrogen (secondary N) is 2. The Balaban J connectivity index is 2.19. The second-order valence-electron chi connectivity index (χ2n) is 4.08. The van der Waals surface area contributed by atoms with Crippen LogP contribution in [-0.4, -0.2) is 11.5 Å². The smallest absolute Gasteiger partial charge is 0.149 e. The van der Waals surface area contributed by atoms with Gasteiger partial charge in [0.25, 0.3) is 0 Å². The summed E-state index contributed by atoms with van der Waals surface area (Å²) in [4.78, 5) is 4.12. The summed E-state index contributed by atoms with van der Waals surface area (Å²) in [6.45, 7) is 2.84. The summed E-state index contributed by atoms with van der Waals surface area (Å²) in [5.74, 6) is -0.580. The summed E-state index contributed by atoms with van der Waals surface area (Å²) in [6, 6.07) is 7.12. The van der Waals surface area contributed by atoms with Gasteiger partial charge in [0, 0.05) is 24.5 Å². The first-order valence-corrected chi connectivity index (χ1v) is 6.11. The summed E-state index contributed by atoms with van der Waals surface area (Å²) in [5, 5.41) is 5.84. The second-order valence-corrected chi connectivity index (χ2v) is 4.08. The molecule has 0 unspecified atom stereocenters. The van der Waals surface area contributed by atoms with Crippen LogP contribution in [0.4, 0.5) is 26.0 Å². The molecule has 2 N–H and O–H groups in total. The number of anilines is 3. The molecule has 0 radical (unpaired) electrons. The first-order valence-electron chi connectivity index (χ1n) is 6.11. The van der Waals surface area contributed by atoms with Gasteiger partial charge in [0.2, 0.25) is 0 Å². The molecule has 0 atom stereocenters. The summed E-state index contributed by atoms with van der Waals surface area (Å²) >= 11 is 0. The van der Waals surface area contributed by atoms with Crippen LogP contribution in [0.2, 0.25) is 0 Å². The van der Waals surface area contributed by atoms with Crippen LogP contribution in [0, 0.1) is 11.6 Å². The van der Waals surface area contributed by atoms with Gasteiger partial charge in [-0.15, -0.1) is 0 Å². The zero-order valence-electron chi connectivity index (χ0n) is 10.6. The number of nitrogens with zero attached hydrogens (tertiary/aromatic N) is 1. The molecule has 0 fully saturated rings. The van der Waals surface area contributed by atoms with Gasteiger partial charge >= 0.3 is 0 Å². The average Bonchev–Trinajstić information content (AvgIpc) is 2.41. The summed E-state index contributed by atoms with van der Waals surface area (Å²) in [5.41, 5.74) is 0.424. The Morgan fingerprint density at radius 1 is 1.16 bits per heavy atom. The molecular weight excluding hydrogens is 248 g/mol. The van der Waals surface area contributed by atoms with Gasteiger partial charge in [0.05, 0.1) is 0 Å². The van der Waals surface area contributed by atoms with E-state index in [9.17, 15) is 8.78 Å². The van der Waals surface area contributed by atoms with Crippen LogP contribution in [0.1, 0.15) is 13.3 Å². The molecule has 0 aliphatic heterocycles. The molecule has 2 aromatic rings. The standard InChI is InChI=1S/C14H15F2N3/c1-2-7-17-13-9-10(6-8-18-13)19-14-11(15)4-3-5-12(14)16/h3-6,8-9H,2,7H2,1H3,(H2,17,18,19). The van der Waals surface area contributed by atoms with Crippen molar-refractivity contribution in [1.29, 1.82) is 0 Å². The Morgan fingerprint density at radius 2 is 1.89 bits per heavy atom. The fourth-order valence-corrected chi connectivity index (χ4v) is 1.62. The molecule has 3 nitrogen and oxygen atoms in total. The lowest BCUT2D eigenvalue weighted by molar-refractivity contribution is 0.591. The fourth-order valence-electron chi connectivity index (χ4n) is 1.62. The SMILES string of the molecule is CCCNc1cc(Nc2c(F)cccc2F)ccn1. The summed E-state index contributed by atoms with van der Waals surface area (Å²) in [7, 11) is 0. The molecule has 1 aromatic carbocycles. The van der Waals surface area contributed by atoms with E-state index in [-0.39, 0.29) is 5.69 Å². The van der Waals surface area contributed by atoms with E-state index in [1.807, 2.05) is 6.92 Å². The molecule has 0 aliphatic rings. The topological polar surface area (TPSA) is 37.0 Å². The highest BCUT2D eigenvalue weighted by Crippen LogP contribution is 2.23. The molecule has 1 heterocycles. The van der Waals surface area contributed by atoms with Crippen molar-refractivity contribution >= 4 is 17.2 Å². The lowest BCUT2D eigenvalue weighted by Crippen LogP contribution is -2.03. The van der Waals surface area contributed by atoms with Crippen LogP contribution in [-0.2, 0) is 0 Å². The minimum absolute atomic E-state index is 0.157. The van der Waals surface area contributed by atoms with Gasteiger partial charge in [-0.05, 0) is 24.6 Å². The maximum absolute atomic E-state index is 13.5. The minimum Gasteiger partial charge on any atom is -0.370 e. The van der Waals surface area contributed by atoms with Crippen molar-refractivity contribution in [2.45, 2.75) is 13.3 Å². The van der Waals surface area contributed by atoms with Crippen LogP contribution in [0.5, 0.6) is 0 Å².